The van der Waals surface area contributed by atoms with Crippen molar-refractivity contribution in [3.8, 4) is 0 Å². The molecular formula is C15H20N2O3. The van der Waals surface area contributed by atoms with Gasteiger partial charge in [0.2, 0.25) is 0 Å². The van der Waals surface area contributed by atoms with Crippen LogP contribution in [0, 0.1) is 12.8 Å². The minimum Gasteiger partial charge on any atom is -0.381 e. The minimum atomic E-state index is -0.289. The molecule has 3 rings (SSSR count). The van der Waals surface area contributed by atoms with Gasteiger partial charge in [0.1, 0.15) is 5.56 Å². The zero-order chi connectivity index (χ0) is 14.1. The van der Waals surface area contributed by atoms with Gasteiger partial charge in [-0.2, -0.15) is 0 Å². The molecule has 1 aromatic heterocycles. The number of nitrogens with one attached hydrogen (secondary N) is 1. The van der Waals surface area contributed by atoms with E-state index in [2.05, 4.69) is 4.98 Å². The van der Waals surface area contributed by atoms with Crippen LogP contribution in [0.1, 0.15) is 35.3 Å². The molecule has 1 saturated heterocycles. The summed E-state index contributed by atoms with van der Waals surface area (Å²) in [5.41, 5.74) is 0.735. The maximum Gasteiger partial charge on any atom is 0.260 e. The summed E-state index contributed by atoms with van der Waals surface area (Å²) >= 11 is 0. The summed E-state index contributed by atoms with van der Waals surface area (Å²) in [6.07, 6.45) is 3.09. The number of ether oxygens (including phenoxy) is 1. The van der Waals surface area contributed by atoms with Crippen molar-refractivity contribution in [3.63, 3.8) is 0 Å². The van der Waals surface area contributed by atoms with E-state index in [0.29, 0.717) is 18.5 Å². The molecule has 0 radical (unpaired) electrons. The molecule has 1 N–H and O–H groups in total. The Hall–Kier alpha value is -1.62. The fraction of sp³-hybridized carbons (Fsp3) is 0.600. The highest BCUT2D eigenvalue weighted by Crippen LogP contribution is 2.29. The number of aromatic nitrogens is 1. The first kappa shape index (κ1) is 13.4. The van der Waals surface area contributed by atoms with Gasteiger partial charge in [0, 0.05) is 30.8 Å². The van der Waals surface area contributed by atoms with E-state index in [9.17, 15) is 9.59 Å². The van der Waals surface area contributed by atoms with E-state index in [0.717, 1.165) is 38.2 Å². The fourth-order valence-corrected chi connectivity index (χ4v) is 2.68. The first-order chi connectivity index (χ1) is 9.65. The fourth-order valence-electron chi connectivity index (χ4n) is 2.68. The van der Waals surface area contributed by atoms with Crippen molar-refractivity contribution in [3.05, 3.63) is 33.7 Å². The molecule has 1 aliphatic heterocycles. The summed E-state index contributed by atoms with van der Waals surface area (Å²) in [4.78, 5) is 29.1. The molecule has 2 heterocycles. The molecule has 0 spiro atoms. The van der Waals surface area contributed by atoms with Gasteiger partial charge in [0.05, 0.1) is 6.61 Å². The number of carbonyl (C=O) groups excluding carboxylic acids is 1. The average molecular weight is 276 g/mol. The molecule has 20 heavy (non-hydrogen) atoms. The Labute approximate surface area is 117 Å². The Morgan fingerprint density at radius 2 is 2.20 bits per heavy atom. The lowest BCUT2D eigenvalue weighted by Gasteiger charge is -2.25. The summed E-state index contributed by atoms with van der Waals surface area (Å²) in [5, 5.41) is 0. The van der Waals surface area contributed by atoms with Crippen molar-refractivity contribution < 1.29 is 9.53 Å². The molecule has 2 aliphatic rings. The van der Waals surface area contributed by atoms with Crippen LogP contribution in [0.25, 0.3) is 0 Å². The van der Waals surface area contributed by atoms with Crippen LogP contribution >= 0.6 is 0 Å². The largest absolute Gasteiger partial charge is 0.381 e. The summed E-state index contributed by atoms with van der Waals surface area (Å²) in [6, 6.07) is 3.72. The maximum absolute atomic E-state index is 12.6. The van der Waals surface area contributed by atoms with Gasteiger partial charge in [-0.3, -0.25) is 9.59 Å². The molecule has 1 aliphatic carbocycles. The molecule has 0 bridgehead atoms. The Morgan fingerprint density at radius 3 is 2.80 bits per heavy atom. The van der Waals surface area contributed by atoms with Gasteiger partial charge in [0.25, 0.3) is 11.5 Å². The molecule has 2 fully saturated rings. The SMILES string of the molecule is Cc1ccc(C(=O)N(C[C@@H]2CCOC2)C2CC2)c(=O)[nH]1. The van der Waals surface area contributed by atoms with E-state index < -0.39 is 0 Å². The van der Waals surface area contributed by atoms with Gasteiger partial charge >= 0.3 is 0 Å². The van der Waals surface area contributed by atoms with E-state index in [-0.39, 0.29) is 17.0 Å². The van der Waals surface area contributed by atoms with Crippen molar-refractivity contribution in [2.75, 3.05) is 19.8 Å². The van der Waals surface area contributed by atoms with Crippen molar-refractivity contribution >= 4 is 5.91 Å². The lowest BCUT2D eigenvalue weighted by molar-refractivity contribution is 0.0704. The Kier molecular flexibility index (Phi) is 3.61. The summed E-state index contributed by atoms with van der Waals surface area (Å²) in [5.74, 6) is 0.268. The molecule has 1 amide bonds. The highest BCUT2D eigenvalue weighted by atomic mass is 16.5. The molecule has 5 heteroatoms. The Bertz CT molecular complexity index is 556. The molecule has 1 saturated carbocycles. The zero-order valence-electron chi connectivity index (χ0n) is 11.7. The van der Waals surface area contributed by atoms with Crippen molar-refractivity contribution in [1.29, 1.82) is 0 Å². The number of H-pyrrole nitrogens is 1. The number of pyridine rings is 1. The van der Waals surface area contributed by atoms with E-state index in [1.54, 1.807) is 12.1 Å². The third kappa shape index (κ3) is 2.77. The van der Waals surface area contributed by atoms with Gasteiger partial charge in [-0.15, -0.1) is 0 Å². The molecular weight excluding hydrogens is 256 g/mol. The summed E-state index contributed by atoms with van der Waals surface area (Å²) in [6.45, 7) is 4.02. The Balaban J connectivity index is 1.79. The number of nitrogens with zero attached hydrogens (tertiary/aromatic N) is 1. The normalized spacial score (nSPS) is 21.9. The van der Waals surface area contributed by atoms with Crippen LogP contribution < -0.4 is 5.56 Å². The topological polar surface area (TPSA) is 62.4 Å². The van der Waals surface area contributed by atoms with E-state index >= 15 is 0 Å². The molecule has 1 aromatic rings. The van der Waals surface area contributed by atoms with Crippen LogP contribution in [0.15, 0.2) is 16.9 Å². The molecule has 108 valence electrons. The highest BCUT2D eigenvalue weighted by molar-refractivity contribution is 5.94. The lowest BCUT2D eigenvalue weighted by Crippen LogP contribution is -2.39. The van der Waals surface area contributed by atoms with Gasteiger partial charge in [0.15, 0.2) is 0 Å². The van der Waals surface area contributed by atoms with Crippen LogP contribution in [0.5, 0.6) is 0 Å². The maximum atomic E-state index is 12.6. The van der Waals surface area contributed by atoms with Crippen LogP contribution in [0.4, 0.5) is 0 Å². The van der Waals surface area contributed by atoms with E-state index in [4.69, 9.17) is 4.74 Å². The van der Waals surface area contributed by atoms with Gasteiger partial charge < -0.3 is 14.6 Å². The molecule has 5 nitrogen and oxygen atoms in total. The van der Waals surface area contributed by atoms with Crippen molar-refractivity contribution in [2.45, 2.75) is 32.2 Å². The quantitative estimate of drug-likeness (QED) is 0.902. The number of aromatic amines is 1. The second-order valence-electron chi connectivity index (χ2n) is 5.80. The van der Waals surface area contributed by atoms with Crippen LogP contribution in [0.2, 0.25) is 0 Å². The smallest absolute Gasteiger partial charge is 0.260 e. The van der Waals surface area contributed by atoms with Crippen molar-refractivity contribution in [1.82, 2.24) is 9.88 Å². The third-order valence-corrected chi connectivity index (χ3v) is 4.01. The second kappa shape index (κ2) is 5.40. The van der Waals surface area contributed by atoms with Gasteiger partial charge in [-0.25, -0.2) is 0 Å². The van der Waals surface area contributed by atoms with Crippen LogP contribution in [-0.4, -0.2) is 41.6 Å². The number of amides is 1. The van der Waals surface area contributed by atoms with Crippen LogP contribution in [-0.2, 0) is 4.74 Å². The number of aryl methyl sites for hydroxylation is 1. The van der Waals surface area contributed by atoms with Crippen LogP contribution in [0.3, 0.4) is 0 Å². The number of rotatable bonds is 4. The number of carbonyl (C=O) groups is 1. The van der Waals surface area contributed by atoms with Crippen molar-refractivity contribution in [2.24, 2.45) is 5.92 Å². The zero-order valence-corrected chi connectivity index (χ0v) is 11.7. The molecule has 0 aromatic carbocycles. The summed E-state index contributed by atoms with van der Waals surface area (Å²) in [7, 11) is 0. The summed E-state index contributed by atoms with van der Waals surface area (Å²) < 4.78 is 5.38. The van der Waals surface area contributed by atoms with E-state index in [1.165, 1.54) is 0 Å². The third-order valence-electron chi connectivity index (χ3n) is 4.01. The predicted octanol–water partition coefficient (Wildman–Crippen LogP) is 1.32. The Morgan fingerprint density at radius 1 is 1.40 bits per heavy atom. The predicted molar refractivity (Wildman–Crippen MR) is 74.8 cm³/mol. The second-order valence-corrected chi connectivity index (χ2v) is 5.80. The van der Waals surface area contributed by atoms with Gasteiger partial charge in [-0.1, -0.05) is 0 Å². The first-order valence-corrected chi connectivity index (χ1v) is 7.24. The minimum absolute atomic E-state index is 0.138. The molecule has 1 atom stereocenters. The average Bonchev–Trinajstić information content (AvgIpc) is 3.12. The first-order valence-electron chi connectivity index (χ1n) is 7.24. The standard InChI is InChI=1S/C15H20N2O3/c1-10-2-5-13(14(18)16-10)15(19)17(12-3-4-12)8-11-6-7-20-9-11/h2,5,11-12H,3-4,6-9H2,1H3,(H,16,18)/t11-/m0/s1. The monoisotopic (exact) mass is 276 g/mol. The lowest BCUT2D eigenvalue weighted by atomic mass is 10.1. The van der Waals surface area contributed by atoms with E-state index in [1.807, 2.05) is 11.8 Å². The number of hydrogen-bond donors (Lipinski definition) is 1. The number of hydrogen-bond acceptors (Lipinski definition) is 3. The highest BCUT2D eigenvalue weighted by Gasteiger charge is 2.35. The molecule has 0 unspecified atom stereocenters. The van der Waals surface area contributed by atoms with Gasteiger partial charge in [-0.05, 0) is 38.3 Å².